The monoisotopic (exact) mass is 183 g/mol. The maximum atomic E-state index is 5.50. The van der Waals surface area contributed by atoms with E-state index < -0.39 is 0 Å². The van der Waals surface area contributed by atoms with Gasteiger partial charge in [-0.1, -0.05) is 0 Å². The fourth-order valence-electron chi connectivity index (χ4n) is 1.07. The molecule has 2 nitrogen and oxygen atoms in total. The first kappa shape index (κ1) is 8.20. The van der Waals surface area contributed by atoms with Crippen LogP contribution in [0.2, 0.25) is 0 Å². The number of aryl methyl sites for hydroxylation is 1. The van der Waals surface area contributed by atoms with Gasteiger partial charge in [0.15, 0.2) is 0 Å². The van der Waals surface area contributed by atoms with E-state index in [1.165, 1.54) is 12.8 Å². The van der Waals surface area contributed by atoms with Crippen LogP contribution in [0.15, 0.2) is 5.38 Å². The zero-order chi connectivity index (χ0) is 8.39. The first-order valence-corrected chi connectivity index (χ1v) is 5.21. The molecule has 1 aromatic rings. The van der Waals surface area contributed by atoms with Crippen LogP contribution in [0, 0.1) is 12.8 Å². The molecule has 1 saturated carbocycles. The van der Waals surface area contributed by atoms with Crippen molar-refractivity contribution in [2.24, 2.45) is 5.92 Å². The minimum Gasteiger partial charge on any atom is -0.374 e. The van der Waals surface area contributed by atoms with Gasteiger partial charge < -0.3 is 4.74 Å². The van der Waals surface area contributed by atoms with Crippen molar-refractivity contribution in [2.45, 2.75) is 26.4 Å². The highest BCUT2D eigenvalue weighted by Crippen LogP contribution is 2.29. The molecule has 0 amide bonds. The van der Waals surface area contributed by atoms with Gasteiger partial charge in [0, 0.05) is 17.7 Å². The van der Waals surface area contributed by atoms with Gasteiger partial charge >= 0.3 is 0 Å². The molecule has 1 fully saturated rings. The Bertz CT molecular complexity index is 255. The lowest BCUT2D eigenvalue weighted by Gasteiger charge is -1.98. The molecule has 0 aromatic carbocycles. The molecule has 3 heteroatoms. The molecule has 0 spiro atoms. The summed E-state index contributed by atoms with van der Waals surface area (Å²) in [5.41, 5.74) is 1.10. The van der Waals surface area contributed by atoms with Crippen molar-refractivity contribution < 1.29 is 4.74 Å². The first-order valence-electron chi connectivity index (χ1n) is 4.33. The molecule has 66 valence electrons. The molecule has 0 N–H and O–H groups in total. The fourth-order valence-corrected chi connectivity index (χ4v) is 1.77. The Balaban J connectivity index is 1.71. The van der Waals surface area contributed by atoms with Gasteiger partial charge in [-0.05, 0) is 25.7 Å². The average molecular weight is 183 g/mol. The molecule has 1 aliphatic carbocycles. The molecular formula is C9H13NOS. The number of hydrogen-bond acceptors (Lipinski definition) is 3. The predicted octanol–water partition coefficient (Wildman–Crippen LogP) is 2.38. The SMILES string of the molecule is Cc1csc(COCC2CC2)n1. The standard InChI is InChI=1S/C9H13NOS/c1-7-6-12-9(10-7)5-11-4-8-2-3-8/h6,8H,2-5H2,1H3. The van der Waals surface area contributed by atoms with Gasteiger partial charge in [-0.25, -0.2) is 4.98 Å². The number of rotatable bonds is 4. The van der Waals surface area contributed by atoms with Crippen molar-refractivity contribution >= 4 is 11.3 Å². The highest BCUT2D eigenvalue weighted by Gasteiger charge is 2.21. The highest BCUT2D eigenvalue weighted by molar-refractivity contribution is 7.09. The average Bonchev–Trinajstić information content (AvgIpc) is 2.76. The van der Waals surface area contributed by atoms with Gasteiger partial charge in [-0.2, -0.15) is 0 Å². The van der Waals surface area contributed by atoms with Crippen molar-refractivity contribution in [2.75, 3.05) is 6.61 Å². The predicted molar refractivity (Wildman–Crippen MR) is 49.2 cm³/mol. The molecule has 0 aliphatic heterocycles. The van der Waals surface area contributed by atoms with Gasteiger partial charge in [-0.3, -0.25) is 0 Å². The molecule has 0 atom stereocenters. The lowest BCUT2D eigenvalue weighted by molar-refractivity contribution is 0.111. The number of ether oxygens (including phenoxy) is 1. The zero-order valence-electron chi connectivity index (χ0n) is 7.25. The number of hydrogen-bond donors (Lipinski definition) is 0. The van der Waals surface area contributed by atoms with Crippen molar-refractivity contribution in [1.29, 1.82) is 0 Å². The molecule has 1 aromatic heterocycles. The summed E-state index contributed by atoms with van der Waals surface area (Å²) in [4.78, 5) is 4.32. The topological polar surface area (TPSA) is 22.1 Å². The third kappa shape index (κ3) is 2.29. The quantitative estimate of drug-likeness (QED) is 0.715. The summed E-state index contributed by atoms with van der Waals surface area (Å²) in [7, 11) is 0. The number of nitrogens with zero attached hydrogens (tertiary/aromatic N) is 1. The van der Waals surface area contributed by atoms with Crippen molar-refractivity contribution in [3.05, 3.63) is 16.1 Å². The zero-order valence-corrected chi connectivity index (χ0v) is 8.06. The maximum Gasteiger partial charge on any atom is 0.119 e. The van der Waals surface area contributed by atoms with Crippen LogP contribution >= 0.6 is 11.3 Å². The second-order valence-corrected chi connectivity index (χ2v) is 4.28. The summed E-state index contributed by atoms with van der Waals surface area (Å²) in [6.07, 6.45) is 2.72. The molecule has 0 radical (unpaired) electrons. The van der Waals surface area contributed by atoms with E-state index >= 15 is 0 Å². The third-order valence-corrected chi connectivity index (χ3v) is 2.88. The minimum atomic E-state index is 0.703. The van der Waals surface area contributed by atoms with Crippen LogP contribution in [0.3, 0.4) is 0 Å². The van der Waals surface area contributed by atoms with E-state index in [-0.39, 0.29) is 0 Å². The molecule has 0 unspecified atom stereocenters. The van der Waals surface area contributed by atoms with Gasteiger partial charge in [-0.15, -0.1) is 11.3 Å². The second-order valence-electron chi connectivity index (χ2n) is 3.34. The maximum absolute atomic E-state index is 5.50. The van der Waals surface area contributed by atoms with Crippen molar-refractivity contribution in [3.8, 4) is 0 Å². The Morgan fingerprint density at radius 2 is 2.50 bits per heavy atom. The van der Waals surface area contributed by atoms with E-state index in [9.17, 15) is 0 Å². The lowest BCUT2D eigenvalue weighted by Crippen LogP contribution is -1.96. The largest absolute Gasteiger partial charge is 0.374 e. The third-order valence-electron chi connectivity index (χ3n) is 1.94. The summed E-state index contributed by atoms with van der Waals surface area (Å²) in [5.74, 6) is 0.853. The highest BCUT2D eigenvalue weighted by atomic mass is 32.1. The van der Waals surface area contributed by atoms with E-state index in [1.54, 1.807) is 11.3 Å². The van der Waals surface area contributed by atoms with Crippen LogP contribution in [0.1, 0.15) is 23.5 Å². The van der Waals surface area contributed by atoms with Gasteiger partial charge in [0.2, 0.25) is 0 Å². The van der Waals surface area contributed by atoms with Crippen LogP contribution < -0.4 is 0 Å². The molecule has 1 heterocycles. The Morgan fingerprint density at radius 3 is 3.08 bits per heavy atom. The Kier molecular flexibility index (Phi) is 2.42. The van der Waals surface area contributed by atoms with Crippen LogP contribution in [-0.2, 0) is 11.3 Å². The summed E-state index contributed by atoms with van der Waals surface area (Å²) < 4.78 is 5.50. The lowest BCUT2D eigenvalue weighted by atomic mass is 10.5. The Hall–Kier alpha value is -0.410. The summed E-state index contributed by atoms with van der Waals surface area (Å²) >= 11 is 1.69. The van der Waals surface area contributed by atoms with E-state index in [0.29, 0.717) is 6.61 Å². The van der Waals surface area contributed by atoms with Crippen LogP contribution in [-0.4, -0.2) is 11.6 Å². The van der Waals surface area contributed by atoms with E-state index in [4.69, 9.17) is 4.74 Å². The van der Waals surface area contributed by atoms with E-state index in [1.807, 2.05) is 6.92 Å². The minimum absolute atomic E-state index is 0.703. The summed E-state index contributed by atoms with van der Waals surface area (Å²) in [6.45, 7) is 3.65. The van der Waals surface area contributed by atoms with Crippen LogP contribution in [0.25, 0.3) is 0 Å². The van der Waals surface area contributed by atoms with Gasteiger partial charge in [0.25, 0.3) is 0 Å². The second kappa shape index (κ2) is 3.54. The molecule has 0 bridgehead atoms. The normalized spacial score (nSPS) is 16.8. The molecule has 2 rings (SSSR count). The van der Waals surface area contributed by atoms with Crippen molar-refractivity contribution in [1.82, 2.24) is 4.98 Å². The molecular weight excluding hydrogens is 170 g/mol. The Labute approximate surface area is 76.6 Å². The Morgan fingerprint density at radius 1 is 1.67 bits per heavy atom. The smallest absolute Gasteiger partial charge is 0.119 e. The molecule has 0 saturated heterocycles. The van der Waals surface area contributed by atoms with Crippen LogP contribution in [0.5, 0.6) is 0 Å². The van der Waals surface area contributed by atoms with E-state index in [0.717, 1.165) is 23.2 Å². The number of aromatic nitrogens is 1. The first-order chi connectivity index (χ1) is 5.84. The van der Waals surface area contributed by atoms with Crippen molar-refractivity contribution in [3.63, 3.8) is 0 Å². The summed E-state index contributed by atoms with van der Waals surface area (Å²) in [6, 6.07) is 0. The van der Waals surface area contributed by atoms with Crippen LogP contribution in [0.4, 0.5) is 0 Å². The van der Waals surface area contributed by atoms with E-state index in [2.05, 4.69) is 10.4 Å². The number of thiazole rings is 1. The fraction of sp³-hybridized carbons (Fsp3) is 0.667. The van der Waals surface area contributed by atoms with Gasteiger partial charge in [0.1, 0.15) is 5.01 Å². The molecule has 1 aliphatic rings. The van der Waals surface area contributed by atoms with Gasteiger partial charge in [0.05, 0.1) is 6.61 Å². The summed E-state index contributed by atoms with van der Waals surface area (Å²) in [5, 5.41) is 3.17. The molecule has 12 heavy (non-hydrogen) atoms.